The summed E-state index contributed by atoms with van der Waals surface area (Å²) in [4.78, 5) is 11.7. The number of carbonyl (C=O) groups is 1. The van der Waals surface area contributed by atoms with Gasteiger partial charge in [0.05, 0.1) is 0 Å². The molecule has 15 heavy (non-hydrogen) atoms. The monoisotopic (exact) mass is 218 g/mol. The van der Waals surface area contributed by atoms with Crippen LogP contribution in [-0.2, 0) is 6.54 Å². The summed E-state index contributed by atoms with van der Waals surface area (Å²) in [5.74, 6) is 0.158. The number of aromatic nitrogens is 1. The van der Waals surface area contributed by atoms with E-state index in [9.17, 15) is 4.79 Å². The highest BCUT2D eigenvalue weighted by molar-refractivity contribution is 7.08. The Morgan fingerprint density at radius 1 is 1.33 bits per heavy atom. The standard InChI is InChI=1S/C12H12NOS/c1-10-2-5-13(6-3-10)8-12(14)11-4-7-15-9-11/h2-7,9H,8H2,1H3/q+1. The summed E-state index contributed by atoms with van der Waals surface area (Å²) < 4.78 is 1.90. The minimum Gasteiger partial charge on any atom is -0.287 e. The van der Waals surface area contributed by atoms with Gasteiger partial charge in [-0.1, -0.05) is 0 Å². The Balaban J connectivity index is 2.09. The Labute approximate surface area is 92.8 Å². The number of hydrogen-bond donors (Lipinski definition) is 0. The number of Topliss-reactive ketones (excluding diaryl/α,β-unsaturated/α-hetero) is 1. The number of rotatable bonds is 3. The third-order valence-corrected chi connectivity index (χ3v) is 2.91. The molecule has 0 spiro atoms. The molecule has 0 aliphatic rings. The van der Waals surface area contributed by atoms with Crippen molar-refractivity contribution in [1.82, 2.24) is 0 Å². The number of carbonyl (C=O) groups excluding carboxylic acids is 1. The fourth-order valence-corrected chi connectivity index (χ4v) is 1.98. The van der Waals surface area contributed by atoms with Gasteiger partial charge >= 0.3 is 0 Å². The van der Waals surface area contributed by atoms with Crippen molar-refractivity contribution in [2.45, 2.75) is 13.5 Å². The minimum atomic E-state index is 0.158. The van der Waals surface area contributed by atoms with Crippen LogP contribution in [0.15, 0.2) is 41.4 Å². The Bertz CT molecular complexity index is 445. The van der Waals surface area contributed by atoms with Gasteiger partial charge in [0.15, 0.2) is 12.4 Å². The van der Waals surface area contributed by atoms with Crippen molar-refractivity contribution >= 4 is 17.1 Å². The van der Waals surface area contributed by atoms with Gasteiger partial charge in [-0.05, 0) is 23.9 Å². The minimum absolute atomic E-state index is 0.158. The molecular formula is C12H12NOS+. The fourth-order valence-electron chi connectivity index (χ4n) is 1.32. The number of aryl methyl sites for hydroxylation is 1. The van der Waals surface area contributed by atoms with Gasteiger partial charge in [-0.3, -0.25) is 4.79 Å². The Morgan fingerprint density at radius 2 is 2.07 bits per heavy atom. The molecule has 0 fully saturated rings. The number of thiophene rings is 1. The second-order valence-corrected chi connectivity index (χ2v) is 4.26. The van der Waals surface area contributed by atoms with Crippen molar-refractivity contribution in [1.29, 1.82) is 0 Å². The van der Waals surface area contributed by atoms with Crippen LogP contribution in [0.5, 0.6) is 0 Å². The summed E-state index contributed by atoms with van der Waals surface area (Å²) in [6.07, 6.45) is 3.86. The largest absolute Gasteiger partial charge is 0.287 e. The molecule has 76 valence electrons. The maximum absolute atomic E-state index is 11.7. The van der Waals surface area contributed by atoms with Crippen molar-refractivity contribution < 1.29 is 9.36 Å². The van der Waals surface area contributed by atoms with Crippen LogP contribution in [0, 0.1) is 6.92 Å². The van der Waals surface area contributed by atoms with E-state index in [1.54, 1.807) is 11.3 Å². The van der Waals surface area contributed by atoms with E-state index in [4.69, 9.17) is 0 Å². The highest BCUT2D eigenvalue weighted by Gasteiger charge is 2.11. The molecule has 2 rings (SSSR count). The molecule has 0 N–H and O–H groups in total. The molecular weight excluding hydrogens is 206 g/mol. The van der Waals surface area contributed by atoms with E-state index in [-0.39, 0.29) is 5.78 Å². The molecule has 0 aliphatic carbocycles. The normalized spacial score (nSPS) is 10.2. The second kappa shape index (κ2) is 4.36. The van der Waals surface area contributed by atoms with Crippen LogP contribution < -0.4 is 4.57 Å². The zero-order valence-electron chi connectivity index (χ0n) is 8.51. The van der Waals surface area contributed by atoms with Crippen molar-refractivity contribution in [2.24, 2.45) is 0 Å². The highest BCUT2D eigenvalue weighted by Crippen LogP contribution is 2.06. The smallest absolute Gasteiger partial charge is 0.228 e. The molecule has 2 heterocycles. The summed E-state index contributed by atoms with van der Waals surface area (Å²) in [7, 11) is 0. The van der Waals surface area contributed by atoms with E-state index in [2.05, 4.69) is 0 Å². The SMILES string of the molecule is Cc1cc[n+](CC(=O)c2ccsc2)cc1. The molecule has 0 aromatic carbocycles. The third kappa shape index (κ3) is 2.50. The lowest BCUT2D eigenvalue weighted by molar-refractivity contribution is -0.683. The molecule has 2 aromatic heterocycles. The van der Waals surface area contributed by atoms with Gasteiger partial charge < -0.3 is 0 Å². The molecule has 0 bridgehead atoms. The molecule has 0 radical (unpaired) electrons. The molecule has 0 saturated heterocycles. The summed E-state index contributed by atoms with van der Waals surface area (Å²) in [6.45, 7) is 2.45. The van der Waals surface area contributed by atoms with Gasteiger partial charge in [-0.25, -0.2) is 0 Å². The predicted octanol–water partition coefficient (Wildman–Crippen LogP) is 2.23. The van der Waals surface area contributed by atoms with E-state index < -0.39 is 0 Å². The molecule has 3 heteroatoms. The van der Waals surface area contributed by atoms with Gasteiger partial charge in [0.25, 0.3) is 0 Å². The fraction of sp³-hybridized carbons (Fsp3) is 0.167. The average Bonchev–Trinajstić information content (AvgIpc) is 2.74. The predicted molar refractivity (Wildman–Crippen MR) is 60.0 cm³/mol. The van der Waals surface area contributed by atoms with Crippen molar-refractivity contribution in [2.75, 3.05) is 0 Å². The molecule has 2 nitrogen and oxygen atoms in total. The summed E-state index contributed by atoms with van der Waals surface area (Å²) in [5.41, 5.74) is 2.00. The maximum atomic E-state index is 11.7. The summed E-state index contributed by atoms with van der Waals surface area (Å²) in [5, 5.41) is 3.81. The Hall–Kier alpha value is -1.48. The first-order valence-electron chi connectivity index (χ1n) is 4.77. The maximum Gasteiger partial charge on any atom is 0.228 e. The zero-order valence-corrected chi connectivity index (χ0v) is 9.33. The lowest BCUT2D eigenvalue weighted by atomic mass is 10.2. The van der Waals surface area contributed by atoms with Gasteiger partial charge in [0.2, 0.25) is 12.3 Å². The summed E-state index contributed by atoms with van der Waals surface area (Å²) in [6, 6.07) is 5.86. The molecule has 0 aliphatic heterocycles. The number of hydrogen-bond acceptors (Lipinski definition) is 2. The van der Waals surface area contributed by atoms with Crippen molar-refractivity contribution in [3.8, 4) is 0 Å². The lowest BCUT2D eigenvalue weighted by Gasteiger charge is -1.95. The lowest BCUT2D eigenvalue weighted by Crippen LogP contribution is -2.36. The summed E-state index contributed by atoms with van der Waals surface area (Å²) >= 11 is 1.55. The Morgan fingerprint density at radius 3 is 2.67 bits per heavy atom. The quantitative estimate of drug-likeness (QED) is 0.571. The first-order valence-corrected chi connectivity index (χ1v) is 5.71. The van der Waals surface area contributed by atoms with E-state index >= 15 is 0 Å². The average molecular weight is 218 g/mol. The molecule has 0 unspecified atom stereocenters. The van der Waals surface area contributed by atoms with Crippen LogP contribution in [0.1, 0.15) is 15.9 Å². The molecule has 0 atom stereocenters. The topological polar surface area (TPSA) is 20.9 Å². The first-order chi connectivity index (χ1) is 7.25. The van der Waals surface area contributed by atoms with Crippen molar-refractivity contribution in [3.63, 3.8) is 0 Å². The first kappa shape index (κ1) is 10.1. The zero-order chi connectivity index (χ0) is 10.7. The van der Waals surface area contributed by atoms with Crippen LogP contribution in [0.2, 0.25) is 0 Å². The van der Waals surface area contributed by atoms with Crippen molar-refractivity contribution in [3.05, 3.63) is 52.5 Å². The molecule has 0 saturated carbocycles. The van der Waals surface area contributed by atoms with Crippen LogP contribution in [0.25, 0.3) is 0 Å². The third-order valence-electron chi connectivity index (χ3n) is 2.23. The van der Waals surface area contributed by atoms with Gasteiger partial charge in [0.1, 0.15) is 0 Å². The molecule has 2 aromatic rings. The van der Waals surface area contributed by atoms with Gasteiger partial charge in [-0.15, -0.1) is 0 Å². The number of ketones is 1. The Kier molecular flexibility index (Phi) is 2.92. The van der Waals surface area contributed by atoms with Gasteiger partial charge in [-0.2, -0.15) is 15.9 Å². The van der Waals surface area contributed by atoms with Gasteiger partial charge in [0, 0.05) is 23.1 Å². The molecule has 0 amide bonds. The highest BCUT2D eigenvalue weighted by atomic mass is 32.1. The van der Waals surface area contributed by atoms with Crippen LogP contribution in [0.4, 0.5) is 0 Å². The van der Waals surface area contributed by atoms with E-state index in [0.29, 0.717) is 6.54 Å². The van der Waals surface area contributed by atoms with Crippen LogP contribution in [0.3, 0.4) is 0 Å². The second-order valence-electron chi connectivity index (χ2n) is 3.48. The van der Waals surface area contributed by atoms with E-state index in [0.717, 1.165) is 5.56 Å². The van der Waals surface area contributed by atoms with E-state index in [1.807, 2.05) is 52.8 Å². The number of pyridine rings is 1. The van der Waals surface area contributed by atoms with Crippen LogP contribution in [-0.4, -0.2) is 5.78 Å². The van der Waals surface area contributed by atoms with E-state index in [1.165, 1.54) is 5.56 Å². The van der Waals surface area contributed by atoms with Crippen LogP contribution >= 0.6 is 11.3 Å². The number of nitrogens with zero attached hydrogens (tertiary/aromatic N) is 1.